The summed E-state index contributed by atoms with van der Waals surface area (Å²) >= 11 is 0. The highest BCUT2D eigenvalue weighted by Crippen LogP contribution is 2.29. The van der Waals surface area contributed by atoms with Crippen LogP contribution in [0.4, 0.5) is 0 Å². The van der Waals surface area contributed by atoms with Crippen LogP contribution in [0.3, 0.4) is 0 Å². The van der Waals surface area contributed by atoms with Crippen molar-refractivity contribution < 1.29 is 0 Å². The molecule has 21 heavy (non-hydrogen) atoms. The molecule has 0 radical (unpaired) electrons. The lowest BCUT2D eigenvalue weighted by Gasteiger charge is -2.36. The zero-order valence-electron chi connectivity index (χ0n) is 14.0. The molecule has 1 atom stereocenters. The Labute approximate surface area is 130 Å². The molecule has 2 rings (SSSR count). The van der Waals surface area contributed by atoms with Crippen LogP contribution >= 0.6 is 0 Å². The Morgan fingerprint density at radius 1 is 1.05 bits per heavy atom. The fourth-order valence-corrected chi connectivity index (χ4v) is 3.59. The van der Waals surface area contributed by atoms with Crippen LogP contribution < -0.4 is 5.32 Å². The van der Waals surface area contributed by atoms with Gasteiger partial charge in [-0.2, -0.15) is 0 Å². The Bertz CT molecular complexity index is 378. The Kier molecular flexibility index (Phi) is 6.72. The molecule has 1 unspecified atom stereocenters. The molecular formula is C19H32N2. The van der Waals surface area contributed by atoms with Crippen molar-refractivity contribution in [2.45, 2.75) is 58.5 Å². The molecule has 1 aliphatic rings. The van der Waals surface area contributed by atoms with Gasteiger partial charge in [-0.05, 0) is 44.0 Å². The van der Waals surface area contributed by atoms with Crippen molar-refractivity contribution in [1.82, 2.24) is 10.2 Å². The van der Waals surface area contributed by atoms with E-state index in [1.54, 1.807) is 0 Å². The van der Waals surface area contributed by atoms with Crippen molar-refractivity contribution >= 4 is 0 Å². The second kappa shape index (κ2) is 8.55. The van der Waals surface area contributed by atoms with Crippen molar-refractivity contribution in [3.8, 4) is 0 Å². The molecule has 1 aliphatic heterocycles. The summed E-state index contributed by atoms with van der Waals surface area (Å²) in [5.41, 5.74) is 1.46. The summed E-state index contributed by atoms with van der Waals surface area (Å²) in [7, 11) is 0. The molecule has 0 bridgehead atoms. The van der Waals surface area contributed by atoms with Gasteiger partial charge in [-0.25, -0.2) is 0 Å². The third kappa shape index (κ3) is 4.55. The van der Waals surface area contributed by atoms with Gasteiger partial charge in [-0.15, -0.1) is 0 Å². The quantitative estimate of drug-likeness (QED) is 0.807. The summed E-state index contributed by atoms with van der Waals surface area (Å²) in [6, 6.07) is 12.2. The molecule has 1 saturated heterocycles. The molecule has 0 aromatic heterocycles. The molecule has 1 heterocycles. The van der Waals surface area contributed by atoms with Gasteiger partial charge in [0.15, 0.2) is 0 Å². The first-order valence-electron chi connectivity index (χ1n) is 8.81. The molecule has 1 aromatic rings. The minimum Gasteiger partial charge on any atom is -0.307 e. The van der Waals surface area contributed by atoms with E-state index in [4.69, 9.17) is 0 Å². The molecular weight excluding hydrogens is 256 g/mol. The van der Waals surface area contributed by atoms with E-state index < -0.39 is 0 Å². The second-order valence-electron chi connectivity index (χ2n) is 6.34. The zero-order valence-corrected chi connectivity index (χ0v) is 14.0. The normalized spacial score (nSPS) is 19.0. The summed E-state index contributed by atoms with van der Waals surface area (Å²) in [4.78, 5) is 2.56. The Morgan fingerprint density at radius 2 is 1.67 bits per heavy atom. The Balaban J connectivity index is 2.03. The summed E-state index contributed by atoms with van der Waals surface area (Å²) in [5.74, 6) is 0.733. The number of benzene rings is 1. The largest absolute Gasteiger partial charge is 0.307 e. The monoisotopic (exact) mass is 288 g/mol. The van der Waals surface area contributed by atoms with Crippen molar-refractivity contribution in [2.75, 3.05) is 19.6 Å². The average Bonchev–Trinajstić information content (AvgIpc) is 2.56. The van der Waals surface area contributed by atoms with Crippen LogP contribution in [0, 0.1) is 5.92 Å². The first kappa shape index (κ1) is 16.5. The van der Waals surface area contributed by atoms with Gasteiger partial charge < -0.3 is 10.2 Å². The van der Waals surface area contributed by atoms with E-state index in [1.165, 1.54) is 50.9 Å². The van der Waals surface area contributed by atoms with Crippen LogP contribution in [-0.4, -0.2) is 30.6 Å². The summed E-state index contributed by atoms with van der Waals surface area (Å²) in [6.07, 6.45) is 5.07. The number of nitrogens with one attached hydrogen (secondary N) is 1. The van der Waals surface area contributed by atoms with Crippen LogP contribution in [-0.2, 0) is 0 Å². The maximum absolute atomic E-state index is 3.99. The van der Waals surface area contributed by atoms with E-state index in [1.807, 2.05) is 0 Å². The fourth-order valence-electron chi connectivity index (χ4n) is 3.59. The molecule has 1 aromatic carbocycles. The minimum atomic E-state index is 0.513. The van der Waals surface area contributed by atoms with Gasteiger partial charge in [0.25, 0.3) is 0 Å². The summed E-state index contributed by atoms with van der Waals surface area (Å²) in [6.45, 7) is 10.6. The topological polar surface area (TPSA) is 15.3 Å². The lowest BCUT2D eigenvalue weighted by Crippen LogP contribution is -2.45. The maximum atomic E-state index is 3.99. The molecule has 118 valence electrons. The number of piperidine rings is 1. The van der Waals surface area contributed by atoms with Gasteiger partial charge in [0.05, 0.1) is 0 Å². The molecule has 1 N–H and O–H groups in total. The van der Waals surface area contributed by atoms with Crippen LogP contribution in [0.25, 0.3) is 0 Å². The van der Waals surface area contributed by atoms with Crippen LogP contribution in [0.5, 0.6) is 0 Å². The number of hydrogen-bond acceptors (Lipinski definition) is 2. The number of nitrogens with zero attached hydrogens (tertiary/aromatic N) is 1. The second-order valence-corrected chi connectivity index (χ2v) is 6.34. The van der Waals surface area contributed by atoms with Gasteiger partial charge in [0.2, 0.25) is 0 Å². The minimum absolute atomic E-state index is 0.513. The lowest BCUT2D eigenvalue weighted by molar-refractivity contribution is 0.186. The lowest BCUT2D eigenvalue weighted by atomic mass is 9.87. The summed E-state index contributed by atoms with van der Waals surface area (Å²) in [5, 5.41) is 3.99. The van der Waals surface area contributed by atoms with Crippen LogP contribution in [0.2, 0.25) is 0 Å². The number of hydrogen-bond donors (Lipinski definition) is 1. The van der Waals surface area contributed by atoms with Crippen LogP contribution in [0.15, 0.2) is 30.3 Å². The van der Waals surface area contributed by atoms with Crippen molar-refractivity contribution in [1.29, 1.82) is 0 Å². The highest BCUT2D eigenvalue weighted by Gasteiger charge is 2.25. The highest BCUT2D eigenvalue weighted by atomic mass is 15.1. The van der Waals surface area contributed by atoms with Crippen molar-refractivity contribution in [3.05, 3.63) is 35.9 Å². The fraction of sp³-hybridized carbons (Fsp3) is 0.684. The molecule has 2 nitrogen and oxygen atoms in total. The zero-order chi connectivity index (χ0) is 15.1. The van der Waals surface area contributed by atoms with Crippen LogP contribution in [0.1, 0.15) is 58.1 Å². The molecule has 0 saturated carbocycles. The predicted molar refractivity (Wildman–Crippen MR) is 91.5 cm³/mol. The van der Waals surface area contributed by atoms with Gasteiger partial charge in [-0.1, -0.05) is 63.9 Å². The maximum Gasteiger partial charge on any atom is 0.0350 e. The average molecular weight is 288 g/mol. The molecule has 0 aliphatic carbocycles. The number of rotatable bonds is 7. The third-order valence-electron chi connectivity index (χ3n) is 5.13. The Morgan fingerprint density at radius 3 is 2.19 bits per heavy atom. The predicted octanol–water partition coefficient (Wildman–Crippen LogP) is 4.24. The third-order valence-corrected chi connectivity index (χ3v) is 5.13. The smallest absolute Gasteiger partial charge is 0.0350 e. The molecule has 1 fully saturated rings. The van der Waals surface area contributed by atoms with E-state index in [2.05, 4.69) is 61.3 Å². The molecule has 0 amide bonds. The standard InChI is InChI=1S/C19H32N2/c1-4-16(5-2)19(17-10-8-7-9-11-17)20-18-12-14-21(6-3)15-13-18/h7-11,16,18-20H,4-6,12-15H2,1-3H3. The van der Waals surface area contributed by atoms with E-state index >= 15 is 0 Å². The van der Waals surface area contributed by atoms with Crippen molar-refractivity contribution in [2.24, 2.45) is 5.92 Å². The Hall–Kier alpha value is -0.860. The van der Waals surface area contributed by atoms with Gasteiger partial charge in [0, 0.05) is 12.1 Å². The van der Waals surface area contributed by atoms with Gasteiger partial charge in [0.1, 0.15) is 0 Å². The van der Waals surface area contributed by atoms with E-state index in [9.17, 15) is 0 Å². The SMILES string of the molecule is CCC(CC)C(NC1CCN(CC)CC1)c1ccccc1. The van der Waals surface area contributed by atoms with E-state index in [0.29, 0.717) is 12.1 Å². The molecule has 2 heteroatoms. The van der Waals surface area contributed by atoms with Gasteiger partial charge >= 0.3 is 0 Å². The number of likely N-dealkylation sites (tertiary alicyclic amines) is 1. The van der Waals surface area contributed by atoms with Gasteiger partial charge in [-0.3, -0.25) is 0 Å². The summed E-state index contributed by atoms with van der Waals surface area (Å²) < 4.78 is 0. The molecule has 0 spiro atoms. The first-order valence-corrected chi connectivity index (χ1v) is 8.81. The van der Waals surface area contributed by atoms with E-state index in [-0.39, 0.29) is 0 Å². The van der Waals surface area contributed by atoms with E-state index in [0.717, 1.165) is 5.92 Å². The highest BCUT2D eigenvalue weighted by molar-refractivity contribution is 5.20. The van der Waals surface area contributed by atoms with Crippen molar-refractivity contribution in [3.63, 3.8) is 0 Å². The first-order chi connectivity index (χ1) is 10.3.